The second-order valence-electron chi connectivity index (χ2n) is 9.66. The molecule has 5 fully saturated rings. The Balaban J connectivity index is 1.47. The topological polar surface area (TPSA) is 20.2 Å². The summed E-state index contributed by atoms with van der Waals surface area (Å²) in [4.78, 5) is 0. The van der Waals surface area contributed by atoms with Crippen LogP contribution in [0.2, 0.25) is 0 Å². The number of rotatable bonds is 0. The Morgan fingerprint density at radius 1 is 1.05 bits per heavy atom. The SMILES string of the molecule is [2H]C([2H])([2H])[C@]1(O)CC[C@H]2[C@@H]3CC[C@H]4C[C@@H]5S[C@@H]5C[C@]4(C)[C@H]3CC[C@@]21C. The van der Waals surface area contributed by atoms with Crippen LogP contribution in [-0.2, 0) is 0 Å². The van der Waals surface area contributed by atoms with Crippen molar-refractivity contribution in [1.82, 2.24) is 0 Å². The normalized spacial score (nSPS) is 68.6. The van der Waals surface area contributed by atoms with Crippen LogP contribution in [0, 0.1) is 34.5 Å². The maximum atomic E-state index is 11.3. The maximum Gasteiger partial charge on any atom is 0.0675 e. The molecule has 2 heteroatoms. The Kier molecular flexibility index (Phi) is 2.30. The number of aliphatic hydroxyl groups is 1. The van der Waals surface area contributed by atoms with Crippen LogP contribution in [0.1, 0.15) is 76.2 Å². The Morgan fingerprint density at radius 3 is 2.68 bits per heavy atom. The van der Waals surface area contributed by atoms with Gasteiger partial charge in [0.2, 0.25) is 0 Å². The van der Waals surface area contributed by atoms with E-state index in [0.717, 1.165) is 41.6 Å². The van der Waals surface area contributed by atoms with Crippen molar-refractivity contribution < 1.29 is 9.22 Å². The van der Waals surface area contributed by atoms with Gasteiger partial charge >= 0.3 is 0 Å². The molecule has 5 aliphatic rings. The summed E-state index contributed by atoms with van der Waals surface area (Å²) in [6.07, 6.45) is 8.83. The molecule has 4 saturated carbocycles. The van der Waals surface area contributed by atoms with Crippen molar-refractivity contribution in [1.29, 1.82) is 0 Å². The average Bonchev–Trinajstić information content (AvgIpc) is 3.19. The zero-order valence-electron chi connectivity index (χ0n) is 17.0. The Morgan fingerprint density at radius 2 is 1.86 bits per heavy atom. The van der Waals surface area contributed by atoms with Gasteiger partial charge in [-0.05, 0) is 92.7 Å². The molecule has 0 aromatic heterocycles. The van der Waals surface area contributed by atoms with Crippen LogP contribution in [0.4, 0.5) is 0 Å². The van der Waals surface area contributed by atoms with E-state index in [2.05, 4.69) is 25.6 Å². The van der Waals surface area contributed by atoms with Gasteiger partial charge in [-0.2, -0.15) is 11.8 Å². The van der Waals surface area contributed by atoms with Crippen molar-refractivity contribution in [3.8, 4) is 0 Å². The maximum absolute atomic E-state index is 11.3. The quantitative estimate of drug-likeness (QED) is 0.642. The molecule has 1 saturated heterocycles. The summed E-state index contributed by atoms with van der Waals surface area (Å²) in [7, 11) is 0. The lowest BCUT2D eigenvalue weighted by Crippen LogP contribution is -2.56. The molecule has 5 rings (SSSR count). The van der Waals surface area contributed by atoms with Gasteiger partial charge in [0.15, 0.2) is 0 Å². The molecule has 0 amide bonds. The summed E-state index contributed by atoms with van der Waals surface area (Å²) in [5.41, 5.74) is -1.43. The largest absolute Gasteiger partial charge is 0.390 e. The lowest BCUT2D eigenvalue weighted by molar-refractivity contribution is -0.143. The third-order valence-electron chi connectivity index (χ3n) is 9.06. The van der Waals surface area contributed by atoms with E-state index in [-0.39, 0.29) is 0 Å². The minimum atomic E-state index is -2.26. The third kappa shape index (κ3) is 1.67. The summed E-state index contributed by atoms with van der Waals surface area (Å²) in [5, 5.41) is 13.1. The van der Waals surface area contributed by atoms with E-state index in [1.807, 2.05) is 0 Å². The second-order valence-corrected chi connectivity index (χ2v) is 11.1. The molecule has 124 valence electrons. The minimum Gasteiger partial charge on any atom is -0.390 e. The van der Waals surface area contributed by atoms with Gasteiger partial charge in [-0.3, -0.25) is 0 Å². The van der Waals surface area contributed by atoms with E-state index in [1.54, 1.807) is 0 Å². The lowest BCUT2D eigenvalue weighted by Gasteiger charge is -2.60. The summed E-state index contributed by atoms with van der Waals surface area (Å²) < 4.78 is 24.0. The molecule has 4 aliphatic carbocycles. The molecule has 1 aliphatic heterocycles. The zero-order valence-corrected chi connectivity index (χ0v) is 14.8. The highest BCUT2D eigenvalue weighted by atomic mass is 32.2. The number of fused-ring (bicyclic) bond motifs is 6. The van der Waals surface area contributed by atoms with Crippen molar-refractivity contribution in [3.05, 3.63) is 0 Å². The molecule has 9 atom stereocenters. The fourth-order valence-corrected chi connectivity index (χ4v) is 8.90. The predicted octanol–water partition coefficient (Wildman–Crippen LogP) is 4.87. The van der Waals surface area contributed by atoms with Gasteiger partial charge in [-0.15, -0.1) is 0 Å². The molecule has 0 radical (unpaired) electrons. The highest BCUT2D eigenvalue weighted by molar-refractivity contribution is 8.07. The van der Waals surface area contributed by atoms with E-state index in [1.165, 1.54) is 25.7 Å². The minimum absolute atomic E-state index is 0.402. The molecule has 0 spiro atoms. The third-order valence-corrected chi connectivity index (χ3v) is 10.5. The average molecular weight is 324 g/mol. The second kappa shape index (κ2) is 4.28. The first kappa shape index (κ1) is 11.8. The van der Waals surface area contributed by atoms with Gasteiger partial charge in [0.25, 0.3) is 0 Å². The molecular formula is C20H32OS. The summed E-state index contributed by atoms with van der Waals surface area (Å²) in [5.74, 6) is 2.68. The van der Waals surface area contributed by atoms with Crippen molar-refractivity contribution in [2.45, 2.75) is 88.2 Å². The van der Waals surface area contributed by atoms with E-state index < -0.39 is 17.9 Å². The van der Waals surface area contributed by atoms with Crippen LogP contribution in [0.15, 0.2) is 0 Å². The highest BCUT2D eigenvalue weighted by Gasteiger charge is 2.65. The molecule has 1 heterocycles. The highest BCUT2D eigenvalue weighted by Crippen LogP contribution is 2.71. The van der Waals surface area contributed by atoms with Crippen LogP contribution < -0.4 is 0 Å². The number of hydrogen-bond acceptors (Lipinski definition) is 2. The number of thioether (sulfide) groups is 1. The predicted molar refractivity (Wildman–Crippen MR) is 92.9 cm³/mol. The Labute approximate surface area is 144 Å². The van der Waals surface area contributed by atoms with Gasteiger partial charge in [0.05, 0.1) is 5.60 Å². The molecule has 0 aromatic rings. The van der Waals surface area contributed by atoms with Crippen molar-refractivity contribution in [2.24, 2.45) is 34.5 Å². The standard InChI is InChI=1S/C20H32OS/c1-18-11-17-16(22-17)10-12(18)4-5-13-14(18)6-8-19(2)15(13)7-9-20(19,3)21/h12-17,21H,4-11H2,1-3H3/t12-,13+,14-,15-,16-,17+,18-,19-,20-/m0/s1/i3D3. The van der Waals surface area contributed by atoms with E-state index in [4.69, 9.17) is 4.11 Å². The number of hydrogen-bond donors (Lipinski definition) is 1. The van der Waals surface area contributed by atoms with E-state index in [0.29, 0.717) is 23.7 Å². The molecule has 0 bridgehead atoms. The van der Waals surface area contributed by atoms with Gasteiger partial charge in [0.1, 0.15) is 0 Å². The van der Waals surface area contributed by atoms with Crippen molar-refractivity contribution in [3.63, 3.8) is 0 Å². The fraction of sp³-hybridized carbons (Fsp3) is 1.00. The molecule has 1 nitrogen and oxygen atoms in total. The van der Waals surface area contributed by atoms with E-state index >= 15 is 0 Å². The summed E-state index contributed by atoms with van der Waals surface area (Å²) in [6.45, 7) is 2.42. The summed E-state index contributed by atoms with van der Waals surface area (Å²) >= 11 is 2.21. The smallest absolute Gasteiger partial charge is 0.0675 e. The molecule has 1 N–H and O–H groups in total. The van der Waals surface area contributed by atoms with Crippen LogP contribution in [0.3, 0.4) is 0 Å². The summed E-state index contributed by atoms with van der Waals surface area (Å²) in [6, 6.07) is 0. The monoisotopic (exact) mass is 323 g/mol. The van der Waals surface area contributed by atoms with Crippen LogP contribution >= 0.6 is 11.8 Å². The Hall–Kier alpha value is 0.310. The van der Waals surface area contributed by atoms with Crippen LogP contribution in [0.25, 0.3) is 0 Å². The van der Waals surface area contributed by atoms with Crippen molar-refractivity contribution in [2.75, 3.05) is 0 Å². The van der Waals surface area contributed by atoms with Gasteiger partial charge in [-0.1, -0.05) is 13.8 Å². The first-order valence-corrected chi connectivity index (χ1v) is 10.4. The fourth-order valence-electron chi connectivity index (χ4n) is 7.54. The Bertz CT molecular complexity index is 594. The first-order chi connectivity index (χ1) is 11.6. The molecule has 0 aromatic carbocycles. The molecular weight excluding hydrogens is 288 g/mol. The van der Waals surface area contributed by atoms with Gasteiger partial charge in [-0.25, -0.2) is 0 Å². The van der Waals surface area contributed by atoms with Gasteiger partial charge in [0, 0.05) is 14.6 Å². The zero-order chi connectivity index (χ0) is 17.8. The lowest BCUT2D eigenvalue weighted by atomic mass is 9.44. The van der Waals surface area contributed by atoms with Crippen LogP contribution in [-0.4, -0.2) is 21.2 Å². The van der Waals surface area contributed by atoms with E-state index in [9.17, 15) is 5.11 Å². The van der Waals surface area contributed by atoms with Crippen molar-refractivity contribution >= 4 is 11.8 Å². The van der Waals surface area contributed by atoms with Crippen LogP contribution in [0.5, 0.6) is 0 Å². The van der Waals surface area contributed by atoms with Gasteiger partial charge < -0.3 is 5.11 Å². The first-order valence-electron chi connectivity index (χ1n) is 11.0. The molecule has 0 unspecified atom stereocenters. The molecule has 22 heavy (non-hydrogen) atoms.